The van der Waals surface area contributed by atoms with Crippen LogP contribution in [0, 0.1) is 0 Å². The summed E-state index contributed by atoms with van der Waals surface area (Å²) < 4.78 is 0. The Balaban J connectivity index is 1.98. The number of pyridine rings is 1. The summed E-state index contributed by atoms with van der Waals surface area (Å²) in [4.78, 5) is 28.9. The summed E-state index contributed by atoms with van der Waals surface area (Å²) >= 11 is 0. The molecule has 1 aromatic heterocycles. The van der Waals surface area contributed by atoms with Gasteiger partial charge in [-0.3, -0.25) is 24.9 Å². The van der Waals surface area contributed by atoms with Gasteiger partial charge in [-0.05, 0) is 18.6 Å². The summed E-state index contributed by atoms with van der Waals surface area (Å²) in [5.74, 6) is 4.72. The molecule has 0 aliphatic carbocycles. The van der Waals surface area contributed by atoms with Crippen LogP contribution in [0.15, 0.2) is 18.3 Å². The van der Waals surface area contributed by atoms with E-state index >= 15 is 0 Å². The molecular formula is C12H17N5O2. The van der Waals surface area contributed by atoms with Gasteiger partial charge in [-0.1, -0.05) is 0 Å². The Kier molecular flexibility index (Phi) is 4.43. The second-order valence-corrected chi connectivity index (χ2v) is 4.43. The van der Waals surface area contributed by atoms with Gasteiger partial charge in [0.05, 0.1) is 17.8 Å². The van der Waals surface area contributed by atoms with E-state index in [1.54, 1.807) is 12.1 Å². The topological polar surface area (TPSA) is 100 Å². The molecule has 4 N–H and O–H groups in total. The Hall–Kier alpha value is -1.99. The van der Waals surface area contributed by atoms with Crippen molar-refractivity contribution in [3.63, 3.8) is 0 Å². The van der Waals surface area contributed by atoms with Crippen molar-refractivity contribution in [2.75, 3.05) is 19.6 Å². The van der Waals surface area contributed by atoms with Crippen LogP contribution in [0.2, 0.25) is 0 Å². The molecule has 2 rings (SSSR count). The van der Waals surface area contributed by atoms with Crippen molar-refractivity contribution in [3.05, 3.63) is 29.6 Å². The summed E-state index contributed by atoms with van der Waals surface area (Å²) in [7, 11) is 0. The van der Waals surface area contributed by atoms with Crippen LogP contribution in [0.5, 0.6) is 0 Å². The second kappa shape index (κ2) is 6.26. The van der Waals surface area contributed by atoms with Crippen molar-refractivity contribution in [2.24, 2.45) is 5.84 Å². The number of nitrogens with zero attached hydrogens (tertiary/aromatic N) is 2. The zero-order chi connectivity index (χ0) is 13.7. The average Bonchev–Trinajstić information content (AvgIpc) is 2.63. The van der Waals surface area contributed by atoms with Gasteiger partial charge >= 0.3 is 0 Å². The number of rotatable bonds is 3. The van der Waals surface area contributed by atoms with Crippen LogP contribution < -0.4 is 16.6 Å². The predicted molar refractivity (Wildman–Crippen MR) is 68.8 cm³/mol. The monoisotopic (exact) mass is 263 g/mol. The fourth-order valence-electron chi connectivity index (χ4n) is 1.97. The molecule has 19 heavy (non-hydrogen) atoms. The van der Waals surface area contributed by atoms with E-state index in [4.69, 9.17) is 5.84 Å². The fourth-order valence-corrected chi connectivity index (χ4v) is 1.97. The maximum absolute atomic E-state index is 11.4. The van der Waals surface area contributed by atoms with E-state index in [0.717, 1.165) is 25.2 Å². The van der Waals surface area contributed by atoms with E-state index in [2.05, 4.69) is 15.7 Å². The molecule has 1 aliphatic heterocycles. The quantitative estimate of drug-likeness (QED) is 0.369. The highest BCUT2D eigenvalue weighted by molar-refractivity contribution is 5.93. The highest BCUT2D eigenvalue weighted by atomic mass is 16.2. The molecule has 1 fully saturated rings. The van der Waals surface area contributed by atoms with Gasteiger partial charge in [0.15, 0.2) is 0 Å². The van der Waals surface area contributed by atoms with E-state index in [9.17, 15) is 9.59 Å². The molecule has 0 spiro atoms. The second-order valence-electron chi connectivity index (χ2n) is 4.43. The lowest BCUT2D eigenvalue weighted by atomic mass is 10.2. The number of nitrogens with two attached hydrogens (primary N) is 1. The third-order valence-corrected chi connectivity index (χ3v) is 2.94. The zero-order valence-corrected chi connectivity index (χ0v) is 10.6. The number of hydrogen-bond acceptors (Lipinski definition) is 5. The molecule has 1 aromatic rings. The highest BCUT2D eigenvalue weighted by Crippen LogP contribution is 2.06. The van der Waals surface area contributed by atoms with Crippen molar-refractivity contribution in [1.29, 1.82) is 0 Å². The van der Waals surface area contributed by atoms with Gasteiger partial charge in [-0.2, -0.15) is 0 Å². The number of carbonyl (C=O) groups excluding carboxylic acids is 2. The number of carbonyl (C=O) groups is 2. The van der Waals surface area contributed by atoms with E-state index in [-0.39, 0.29) is 11.8 Å². The van der Waals surface area contributed by atoms with Crippen molar-refractivity contribution in [2.45, 2.75) is 13.0 Å². The first kappa shape index (κ1) is 13.4. The lowest BCUT2D eigenvalue weighted by Crippen LogP contribution is -2.33. The minimum absolute atomic E-state index is 0.0385. The summed E-state index contributed by atoms with van der Waals surface area (Å²) in [6, 6.07) is 3.44. The Morgan fingerprint density at radius 2 is 2.37 bits per heavy atom. The maximum atomic E-state index is 11.4. The molecule has 0 aromatic carbocycles. The molecule has 0 bridgehead atoms. The first-order chi connectivity index (χ1) is 9.19. The molecule has 0 radical (unpaired) electrons. The van der Waals surface area contributed by atoms with E-state index < -0.39 is 0 Å². The van der Waals surface area contributed by atoms with Crippen LogP contribution in [-0.2, 0) is 11.3 Å². The molecule has 0 atom stereocenters. The summed E-state index contributed by atoms with van der Waals surface area (Å²) in [5.41, 5.74) is 3.29. The summed E-state index contributed by atoms with van der Waals surface area (Å²) in [6.07, 6.45) is 2.41. The van der Waals surface area contributed by atoms with Crippen molar-refractivity contribution < 1.29 is 9.59 Å². The fraction of sp³-hybridized carbons (Fsp3) is 0.417. The molecule has 102 valence electrons. The molecule has 2 heterocycles. The summed E-state index contributed by atoms with van der Waals surface area (Å²) in [5, 5.41) is 2.82. The van der Waals surface area contributed by atoms with E-state index in [0.29, 0.717) is 18.7 Å². The normalized spacial score (nSPS) is 16.6. The Morgan fingerprint density at radius 1 is 1.53 bits per heavy atom. The zero-order valence-electron chi connectivity index (χ0n) is 10.6. The molecule has 2 amide bonds. The molecule has 1 saturated heterocycles. The number of nitrogens with one attached hydrogen (secondary N) is 2. The maximum Gasteiger partial charge on any atom is 0.266 e. The average molecular weight is 263 g/mol. The van der Waals surface area contributed by atoms with Crippen LogP contribution in [0.3, 0.4) is 0 Å². The van der Waals surface area contributed by atoms with E-state index in [1.807, 2.05) is 4.90 Å². The molecule has 0 saturated carbocycles. The molecule has 7 nitrogen and oxygen atoms in total. The molecular weight excluding hydrogens is 246 g/mol. The third kappa shape index (κ3) is 3.73. The van der Waals surface area contributed by atoms with Crippen LogP contribution >= 0.6 is 0 Å². The smallest absolute Gasteiger partial charge is 0.266 e. The van der Waals surface area contributed by atoms with Gasteiger partial charge in [0.1, 0.15) is 0 Å². The van der Waals surface area contributed by atoms with Crippen molar-refractivity contribution in [1.82, 2.24) is 20.6 Å². The number of amides is 2. The first-order valence-electron chi connectivity index (χ1n) is 6.14. The molecule has 7 heteroatoms. The molecule has 0 unspecified atom stereocenters. The standard InChI is InChI=1S/C12H17N5O2/c13-16-12(19)9-2-3-10(15-6-9)7-17-5-1-4-14-11(18)8-17/h2-3,6H,1,4-5,7-8,13H2,(H,14,18)(H,16,19). The van der Waals surface area contributed by atoms with Gasteiger partial charge in [-0.15, -0.1) is 0 Å². The third-order valence-electron chi connectivity index (χ3n) is 2.94. The van der Waals surface area contributed by atoms with Crippen molar-refractivity contribution >= 4 is 11.8 Å². The number of nitrogen functional groups attached to an aromatic ring is 1. The van der Waals surface area contributed by atoms with E-state index in [1.165, 1.54) is 6.20 Å². The minimum Gasteiger partial charge on any atom is -0.355 e. The van der Waals surface area contributed by atoms with Crippen LogP contribution in [0.25, 0.3) is 0 Å². The number of hydrogen-bond donors (Lipinski definition) is 3. The van der Waals surface area contributed by atoms with Gasteiger partial charge in [-0.25, -0.2) is 5.84 Å². The van der Waals surface area contributed by atoms with Crippen LogP contribution in [-0.4, -0.2) is 41.3 Å². The van der Waals surface area contributed by atoms with Crippen LogP contribution in [0.4, 0.5) is 0 Å². The minimum atomic E-state index is -0.367. The largest absolute Gasteiger partial charge is 0.355 e. The van der Waals surface area contributed by atoms with Gasteiger partial charge in [0, 0.05) is 25.8 Å². The predicted octanol–water partition coefficient (Wildman–Crippen LogP) is -0.993. The Labute approximate surface area is 111 Å². The Morgan fingerprint density at radius 3 is 3.05 bits per heavy atom. The van der Waals surface area contributed by atoms with Gasteiger partial charge in [0.2, 0.25) is 5.91 Å². The highest BCUT2D eigenvalue weighted by Gasteiger charge is 2.15. The Bertz CT molecular complexity index is 460. The van der Waals surface area contributed by atoms with Gasteiger partial charge < -0.3 is 5.32 Å². The van der Waals surface area contributed by atoms with Gasteiger partial charge in [0.25, 0.3) is 5.91 Å². The van der Waals surface area contributed by atoms with Crippen LogP contribution in [0.1, 0.15) is 22.5 Å². The lowest BCUT2D eigenvalue weighted by Gasteiger charge is -2.17. The number of hydrazine groups is 1. The first-order valence-corrected chi connectivity index (χ1v) is 6.14. The molecule has 1 aliphatic rings. The lowest BCUT2D eigenvalue weighted by molar-refractivity contribution is -0.121. The number of aromatic nitrogens is 1. The summed E-state index contributed by atoms with van der Waals surface area (Å²) in [6.45, 7) is 2.55. The SMILES string of the molecule is NNC(=O)c1ccc(CN2CCCNC(=O)C2)nc1. The van der Waals surface area contributed by atoms with Crippen molar-refractivity contribution in [3.8, 4) is 0 Å².